The van der Waals surface area contributed by atoms with Crippen molar-refractivity contribution < 1.29 is 31.4 Å². The van der Waals surface area contributed by atoms with Crippen molar-refractivity contribution in [3.05, 3.63) is 0 Å². The molecular formula is C3H8O3Zr. The Morgan fingerprint density at radius 3 is 2.14 bits per heavy atom. The standard InChI is InChI=1S/C3H7O.H2O.O.Zr/c1-3(2)4;;;/h3H,1-2H3;1H2;;/q-1;;;+2/p-1. The second-order valence-corrected chi connectivity index (χ2v) is 3.32. The Balaban J connectivity index is 3.13. The third-order valence-electron chi connectivity index (χ3n) is 0.337. The first-order chi connectivity index (χ1) is 3.13. The molecule has 0 bridgehead atoms. The van der Waals surface area contributed by atoms with Crippen molar-refractivity contribution in [3.8, 4) is 0 Å². The predicted molar refractivity (Wildman–Crippen MR) is 19.1 cm³/mol. The van der Waals surface area contributed by atoms with E-state index in [0.717, 1.165) is 0 Å². The SMILES string of the molecule is CC(C)[O][Zr](=[O])[OH]. The van der Waals surface area contributed by atoms with Crippen LogP contribution in [0.2, 0.25) is 0 Å². The zero-order chi connectivity index (χ0) is 5.86. The molecule has 0 radical (unpaired) electrons. The van der Waals surface area contributed by atoms with Gasteiger partial charge < -0.3 is 0 Å². The molecule has 0 unspecified atom stereocenters. The molecule has 42 valence electrons. The third-order valence-corrected chi connectivity index (χ3v) is 1.99. The molecule has 0 fully saturated rings. The van der Waals surface area contributed by atoms with Crippen LogP contribution in [0.3, 0.4) is 0 Å². The third kappa shape index (κ3) is 6.60. The molecule has 0 aromatic carbocycles. The van der Waals surface area contributed by atoms with E-state index in [9.17, 15) is 2.81 Å². The van der Waals surface area contributed by atoms with Crippen molar-refractivity contribution in [3.63, 3.8) is 0 Å². The molecule has 0 spiro atoms. The van der Waals surface area contributed by atoms with Crippen LogP contribution in [0.5, 0.6) is 0 Å². The van der Waals surface area contributed by atoms with Gasteiger partial charge in [-0.3, -0.25) is 0 Å². The molecule has 0 saturated heterocycles. The summed E-state index contributed by atoms with van der Waals surface area (Å²) in [6, 6.07) is 0. The number of hydrogen-bond acceptors (Lipinski definition) is 2. The molecule has 0 atom stereocenters. The summed E-state index contributed by atoms with van der Waals surface area (Å²) < 4.78 is 22.5. The van der Waals surface area contributed by atoms with E-state index >= 15 is 0 Å². The maximum atomic E-state index is 9.87. The van der Waals surface area contributed by atoms with Crippen LogP contribution in [-0.2, 0) is 28.3 Å². The first-order valence-corrected chi connectivity index (χ1v) is 5.13. The van der Waals surface area contributed by atoms with Gasteiger partial charge in [0.15, 0.2) is 0 Å². The molecule has 3 nitrogen and oxygen atoms in total. The van der Waals surface area contributed by atoms with Gasteiger partial charge in [0.2, 0.25) is 0 Å². The molecule has 0 amide bonds. The predicted octanol–water partition coefficient (Wildman–Crippen LogP) is 0.197. The summed E-state index contributed by atoms with van der Waals surface area (Å²) in [6.07, 6.45) is -0.100. The van der Waals surface area contributed by atoms with Gasteiger partial charge in [-0.05, 0) is 0 Å². The molecule has 1 N–H and O–H groups in total. The average molecular weight is 183 g/mol. The Labute approximate surface area is 51.7 Å². The van der Waals surface area contributed by atoms with Crippen molar-refractivity contribution in [2.75, 3.05) is 0 Å². The van der Waals surface area contributed by atoms with Crippen molar-refractivity contribution >= 4 is 0 Å². The summed E-state index contributed by atoms with van der Waals surface area (Å²) in [5.41, 5.74) is 0. The van der Waals surface area contributed by atoms with Crippen molar-refractivity contribution in [2.45, 2.75) is 20.0 Å². The van der Waals surface area contributed by atoms with Crippen molar-refractivity contribution in [1.82, 2.24) is 0 Å². The Morgan fingerprint density at radius 1 is 1.71 bits per heavy atom. The van der Waals surface area contributed by atoms with Crippen LogP contribution >= 0.6 is 0 Å². The fourth-order valence-electron chi connectivity index (χ4n) is 0.202. The molecule has 0 rings (SSSR count). The van der Waals surface area contributed by atoms with Gasteiger partial charge in [-0.2, -0.15) is 0 Å². The van der Waals surface area contributed by atoms with Crippen LogP contribution in [0.25, 0.3) is 0 Å². The Hall–Kier alpha value is 0.603. The minimum absolute atomic E-state index is 0.100. The summed E-state index contributed by atoms with van der Waals surface area (Å²) in [7, 11) is 0. The molecule has 7 heavy (non-hydrogen) atoms. The average Bonchev–Trinajstić information content (AvgIpc) is 1.27. The summed E-state index contributed by atoms with van der Waals surface area (Å²) in [5.74, 6) is 0. The molecule has 0 saturated carbocycles. The Bertz CT molecular complexity index is 70.6. The summed E-state index contributed by atoms with van der Waals surface area (Å²) in [6.45, 7) is 3.46. The van der Waals surface area contributed by atoms with Gasteiger partial charge in [0.1, 0.15) is 0 Å². The van der Waals surface area contributed by atoms with Crippen LogP contribution in [0.1, 0.15) is 13.8 Å². The van der Waals surface area contributed by atoms with Gasteiger partial charge in [0.05, 0.1) is 0 Å². The number of hydrogen-bond donors (Lipinski definition) is 1. The van der Waals surface area contributed by atoms with Gasteiger partial charge in [-0.25, -0.2) is 0 Å². The number of rotatable bonds is 2. The normalized spacial score (nSPS) is 9.71. The van der Waals surface area contributed by atoms with Crippen LogP contribution < -0.4 is 0 Å². The Kier molecular flexibility index (Phi) is 3.90. The van der Waals surface area contributed by atoms with E-state index in [4.69, 9.17) is 3.18 Å². The topological polar surface area (TPSA) is 46.5 Å². The van der Waals surface area contributed by atoms with Crippen LogP contribution in [-0.4, -0.2) is 9.29 Å². The monoisotopic (exact) mass is 182 g/mol. The fraction of sp³-hybridized carbons (Fsp3) is 1.00. The summed E-state index contributed by atoms with van der Waals surface area (Å²) in [5, 5.41) is 0. The first kappa shape index (κ1) is 7.60. The van der Waals surface area contributed by atoms with E-state index < -0.39 is 22.6 Å². The van der Waals surface area contributed by atoms with E-state index in [-0.39, 0.29) is 6.10 Å². The van der Waals surface area contributed by atoms with E-state index in [1.54, 1.807) is 13.8 Å². The quantitative estimate of drug-likeness (QED) is 0.665. The van der Waals surface area contributed by atoms with Gasteiger partial charge in [-0.1, -0.05) is 0 Å². The minimum atomic E-state index is -3.44. The molecule has 4 heteroatoms. The van der Waals surface area contributed by atoms with E-state index in [2.05, 4.69) is 2.81 Å². The second kappa shape index (κ2) is 3.59. The van der Waals surface area contributed by atoms with Crippen LogP contribution in [0.15, 0.2) is 0 Å². The zero-order valence-corrected chi connectivity index (χ0v) is 6.80. The van der Waals surface area contributed by atoms with E-state index in [1.165, 1.54) is 0 Å². The van der Waals surface area contributed by atoms with Crippen LogP contribution in [0.4, 0.5) is 0 Å². The molecule has 0 aliphatic carbocycles. The molecule has 0 heterocycles. The second-order valence-electron chi connectivity index (χ2n) is 1.43. The van der Waals surface area contributed by atoms with Gasteiger partial charge in [0.25, 0.3) is 0 Å². The first-order valence-electron chi connectivity index (χ1n) is 2.02. The van der Waals surface area contributed by atoms with Gasteiger partial charge in [-0.15, -0.1) is 0 Å². The molecular weight excluding hydrogens is 175 g/mol. The van der Waals surface area contributed by atoms with E-state index in [0.29, 0.717) is 0 Å². The summed E-state index contributed by atoms with van der Waals surface area (Å²) >= 11 is -3.44. The molecule has 0 aromatic rings. The van der Waals surface area contributed by atoms with Crippen molar-refractivity contribution in [1.29, 1.82) is 0 Å². The van der Waals surface area contributed by atoms with Gasteiger partial charge in [0, 0.05) is 0 Å². The van der Waals surface area contributed by atoms with Crippen molar-refractivity contribution in [2.24, 2.45) is 0 Å². The van der Waals surface area contributed by atoms with E-state index in [1.807, 2.05) is 0 Å². The molecule has 0 aromatic heterocycles. The maximum absolute atomic E-state index is 9.87. The molecule has 0 aliphatic rings. The Morgan fingerprint density at radius 2 is 2.14 bits per heavy atom. The fourth-order valence-corrected chi connectivity index (χ4v) is 1.19. The van der Waals surface area contributed by atoms with Gasteiger partial charge >= 0.3 is 51.4 Å². The zero-order valence-electron chi connectivity index (χ0n) is 4.34. The molecule has 0 aliphatic heterocycles. The van der Waals surface area contributed by atoms with Crippen LogP contribution in [0, 0.1) is 0 Å². The summed E-state index contributed by atoms with van der Waals surface area (Å²) in [4.78, 5) is 0.